The summed E-state index contributed by atoms with van der Waals surface area (Å²) in [6.07, 6.45) is 0.972. The molecular formula is C9H16N2O2. The summed E-state index contributed by atoms with van der Waals surface area (Å²) in [5.41, 5.74) is 0. The second-order valence-electron chi connectivity index (χ2n) is 3.87. The number of carbonyl (C=O) groups excluding carboxylic acids is 1. The lowest BCUT2D eigenvalue weighted by atomic mass is 9.97. The number of hydrogen-bond donors (Lipinski definition) is 1. The van der Waals surface area contributed by atoms with E-state index in [0.29, 0.717) is 12.5 Å². The van der Waals surface area contributed by atoms with Crippen molar-refractivity contribution in [1.82, 2.24) is 10.4 Å². The van der Waals surface area contributed by atoms with Crippen molar-refractivity contribution in [2.24, 2.45) is 11.8 Å². The first kappa shape index (κ1) is 8.97. The molecule has 0 bridgehead atoms. The molecule has 2 heterocycles. The van der Waals surface area contributed by atoms with Crippen LogP contribution in [0.5, 0.6) is 0 Å². The molecule has 1 N–H and O–H groups in total. The third kappa shape index (κ3) is 1.69. The van der Waals surface area contributed by atoms with E-state index in [4.69, 9.17) is 4.84 Å². The predicted octanol–water partition coefficient (Wildman–Crippen LogP) is 0.00580. The highest BCUT2D eigenvalue weighted by Gasteiger charge is 2.34. The number of amides is 1. The van der Waals surface area contributed by atoms with E-state index in [2.05, 4.69) is 12.2 Å². The molecular weight excluding hydrogens is 168 g/mol. The normalized spacial score (nSPS) is 34.1. The average molecular weight is 184 g/mol. The smallest absolute Gasteiger partial charge is 0.250 e. The number of rotatable bonds is 1. The summed E-state index contributed by atoms with van der Waals surface area (Å²) in [4.78, 5) is 17.1. The van der Waals surface area contributed by atoms with Crippen molar-refractivity contribution >= 4 is 5.91 Å². The first-order chi connectivity index (χ1) is 6.29. The van der Waals surface area contributed by atoms with Crippen molar-refractivity contribution in [1.29, 1.82) is 0 Å². The van der Waals surface area contributed by atoms with Gasteiger partial charge in [0.25, 0.3) is 5.91 Å². The molecule has 0 saturated carbocycles. The third-order valence-corrected chi connectivity index (χ3v) is 2.83. The molecule has 2 fully saturated rings. The summed E-state index contributed by atoms with van der Waals surface area (Å²) in [5.74, 6) is 0.727. The summed E-state index contributed by atoms with van der Waals surface area (Å²) in [6.45, 7) is 5.32. The lowest BCUT2D eigenvalue weighted by molar-refractivity contribution is -0.173. The molecule has 0 unspecified atom stereocenters. The van der Waals surface area contributed by atoms with E-state index >= 15 is 0 Å². The maximum absolute atomic E-state index is 11.8. The van der Waals surface area contributed by atoms with Gasteiger partial charge in [0, 0.05) is 6.54 Å². The van der Waals surface area contributed by atoms with E-state index in [1.165, 1.54) is 5.06 Å². The van der Waals surface area contributed by atoms with E-state index in [9.17, 15) is 4.79 Å². The Morgan fingerprint density at radius 2 is 2.38 bits per heavy atom. The van der Waals surface area contributed by atoms with Gasteiger partial charge in [-0.05, 0) is 18.9 Å². The van der Waals surface area contributed by atoms with Crippen LogP contribution in [0.1, 0.15) is 13.3 Å². The van der Waals surface area contributed by atoms with Crippen LogP contribution in [0.3, 0.4) is 0 Å². The summed E-state index contributed by atoms with van der Waals surface area (Å²) in [5, 5.41) is 4.76. The molecule has 4 nitrogen and oxygen atoms in total. The molecule has 2 saturated heterocycles. The topological polar surface area (TPSA) is 41.6 Å². The van der Waals surface area contributed by atoms with Crippen LogP contribution in [-0.2, 0) is 9.63 Å². The number of hydrogen-bond acceptors (Lipinski definition) is 3. The highest BCUT2D eigenvalue weighted by atomic mass is 16.7. The fourth-order valence-corrected chi connectivity index (χ4v) is 1.95. The van der Waals surface area contributed by atoms with Gasteiger partial charge in [-0.25, -0.2) is 5.06 Å². The molecule has 74 valence electrons. The van der Waals surface area contributed by atoms with Crippen LogP contribution in [0.25, 0.3) is 0 Å². The molecule has 1 amide bonds. The Labute approximate surface area is 78.2 Å². The number of carbonyl (C=O) groups is 1. The minimum atomic E-state index is 0.123. The Morgan fingerprint density at radius 1 is 1.54 bits per heavy atom. The number of nitrogens with one attached hydrogen (secondary N) is 1. The van der Waals surface area contributed by atoms with E-state index in [1.54, 1.807) is 0 Å². The summed E-state index contributed by atoms with van der Waals surface area (Å²) in [6, 6.07) is 0. The van der Waals surface area contributed by atoms with E-state index in [-0.39, 0.29) is 11.8 Å². The van der Waals surface area contributed by atoms with Gasteiger partial charge in [0.15, 0.2) is 0 Å². The maximum atomic E-state index is 11.8. The molecule has 0 aromatic heterocycles. The summed E-state index contributed by atoms with van der Waals surface area (Å²) >= 11 is 0. The van der Waals surface area contributed by atoms with E-state index in [0.717, 1.165) is 26.1 Å². The van der Waals surface area contributed by atoms with E-state index in [1.807, 2.05) is 0 Å². The molecule has 0 aliphatic carbocycles. The maximum Gasteiger partial charge on any atom is 0.250 e. The van der Waals surface area contributed by atoms with Gasteiger partial charge < -0.3 is 5.32 Å². The van der Waals surface area contributed by atoms with Crippen LogP contribution in [0.4, 0.5) is 0 Å². The van der Waals surface area contributed by atoms with Gasteiger partial charge in [-0.2, -0.15) is 0 Å². The molecule has 0 aromatic rings. The minimum Gasteiger partial charge on any atom is -0.316 e. The first-order valence-corrected chi connectivity index (χ1v) is 4.94. The zero-order chi connectivity index (χ0) is 9.26. The standard InChI is InChI=1S/C9H16N2O2/c1-7-5-10-6-8(7)9(12)11-3-2-4-13-11/h7-8,10H,2-6H2,1H3/t7-,8-/m1/s1. The van der Waals surface area contributed by atoms with Crippen LogP contribution >= 0.6 is 0 Å². The van der Waals surface area contributed by atoms with Gasteiger partial charge in [0.05, 0.1) is 19.1 Å². The number of nitrogens with zero attached hydrogens (tertiary/aromatic N) is 1. The van der Waals surface area contributed by atoms with Gasteiger partial charge in [0.2, 0.25) is 0 Å². The Kier molecular flexibility index (Phi) is 2.51. The molecule has 0 aromatic carbocycles. The van der Waals surface area contributed by atoms with Gasteiger partial charge in [-0.3, -0.25) is 9.63 Å². The Balaban J connectivity index is 1.95. The van der Waals surface area contributed by atoms with Crippen LogP contribution in [0.2, 0.25) is 0 Å². The third-order valence-electron chi connectivity index (χ3n) is 2.83. The molecule has 13 heavy (non-hydrogen) atoms. The molecule has 2 rings (SSSR count). The van der Waals surface area contributed by atoms with Crippen molar-refractivity contribution in [3.8, 4) is 0 Å². The monoisotopic (exact) mass is 184 g/mol. The van der Waals surface area contributed by atoms with Crippen molar-refractivity contribution in [2.75, 3.05) is 26.2 Å². The van der Waals surface area contributed by atoms with Crippen LogP contribution < -0.4 is 5.32 Å². The van der Waals surface area contributed by atoms with Crippen LogP contribution in [0.15, 0.2) is 0 Å². The predicted molar refractivity (Wildman–Crippen MR) is 47.8 cm³/mol. The van der Waals surface area contributed by atoms with Crippen molar-refractivity contribution in [3.63, 3.8) is 0 Å². The van der Waals surface area contributed by atoms with Crippen molar-refractivity contribution < 1.29 is 9.63 Å². The Morgan fingerprint density at radius 3 is 2.92 bits per heavy atom. The summed E-state index contributed by atoms with van der Waals surface area (Å²) < 4.78 is 0. The minimum absolute atomic E-state index is 0.123. The molecule has 0 spiro atoms. The summed E-state index contributed by atoms with van der Waals surface area (Å²) in [7, 11) is 0. The first-order valence-electron chi connectivity index (χ1n) is 4.94. The largest absolute Gasteiger partial charge is 0.316 e. The van der Waals surface area contributed by atoms with Crippen LogP contribution in [-0.4, -0.2) is 37.2 Å². The molecule has 2 aliphatic rings. The zero-order valence-electron chi connectivity index (χ0n) is 7.95. The molecule has 4 heteroatoms. The fraction of sp³-hybridized carbons (Fsp3) is 0.889. The van der Waals surface area contributed by atoms with Crippen LogP contribution in [0, 0.1) is 11.8 Å². The average Bonchev–Trinajstić information content (AvgIpc) is 2.72. The van der Waals surface area contributed by atoms with Crippen molar-refractivity contribution in [3.05, 3.63) is 0 Å². The second-order valence-corrected chi connectivity index (χ2v) is 3.87. The highest BCUT2D eigenvalue weighted by Crippen LogP contribution is 2.20. The Bertz CT molecular complexity index is 202. The second kappa shape index (κ2) is 3.64. The highest BCUT2D eigenvalue weighted by molar-refractivity contribution is 5.78. The Hall–Kier alpha value is -0.610. The molecule has 2 aliphatic heterocycles. The van der Waals surface area contributed by atoms with E-state index < -0.39 is 0 Å². The quantitative estimate of drug-likeness (QED) is 0.624. The molecule has 2 atom stereocenters. The molecule has 0 radical (unpaired) electrons. The SMILES string of the molecule is C[C@@H]1CNC[C@H]1C(=O)N1CCCO1. The van der Waals surface area contributed by atoms with Gasteiger partial charge in [-0.1, -0.05) is 6.92 Å². The van der Waals surface area contributed by atoms with Gasteiger partial charge in [0.1, 0.15) is 0 Å². The lowest BCUT2D eigenvalue weighted by Crippen LogP contribution is -2.36. The lowest BCUT2D eigenvalue weighted by Gasteiger charge is -2.20. The van der Waals surface area contributed by atoms with Crippen molar-refractivity contribution in [2.45, 2.75) is 13.3 Å². The fourth-order valence-electron chi connectivity index (χ4n) is 1.95. The van der Waals surface area contributed by atoms with Gasteiger partial charge in [-0.15, -0.1) is 0 Å². The number of hydroxylamine groups is 2. The zero-order valence-corrected chi connectivity index (χ0v) is 7.95. The van der Waals surface area contributed by atoms with Gasteiger partial charge >= 0.3 is 0 Å².